The number of fused-ring (bicyclic) bond motifs is 3. The molecule has 0 aliphatic heterocycles. The van der Waals surface area contributed by atoms with Gasteiger partial charge in [-0.05, 0) is 26.8 Å². The van der Waals surface area contributed by atoms with Crippen LogP contribution in [-0.2, 0) is 16.9 Å². The smallest absolute Gasteiger partial charge is 0.136 e. The molecule has 0 saturated heterocycles. The van der Waals surface area contributed by atoms with Gasteiger partial charge in [-0.25, -0.2) is 4.98 Å². The summed E-state index contributed by atoms with van der Waals surface area (Å²) in [5.41, 5.74) is 2.99. The Balaban J connectivity index is 2.46. The summed E-state index contributed by atoms with van der Waals surface area (Å²) in [6, 6.07) is 8.18. The molecule has 0 N–H and O–H groups in total. The predicted molar refractivity (Wildman–Crippen MR) is 80.7 cm³/mol. The highest BCUT2D eigenvalue weighted by atomic mass is 16.5. The molecule has 0 saturated carbocycles. The third-order valence-corrected chi connectivity index (χ3v) is 3.40. The number of para-hydroxylation sites is 1. The van der Waals surface area contributed by atoms with Gasteiger partial charge in [-0.15, -0.1) is 0 Å². The van der Waals surface area contributed by atoms with Crippen LogP contribution in [0.3, 0.4) is 0 Å². The second-order valence-electron chi connectivity index (χ2n) is 5.98. The molecule has 0 amide bonds. The maximum absolute atomic E-state index is 5.30. The van der Waals surface area contributed by atoms with E-state index >= 15 is 0 Å². The predicted octanol–water partition coefficient (Wildman–Crippen LogP) is 3.49. The van der Waals surface area contributed by atoms with E-state index in [1.807, 2.05) is 24.4 Å². The van der Waals surface area contributed by atoms with Gasteiger partial charge in [0.15, 0.2) is 0 Å². The van der Waals surface area contributed by atoms with Crippen molar-refractivity contribution in [1.82, 2.24) is 14.5 Å². The highest BCUT2D eigenvalue weighted by Gasteiger charge is 2.22. The summed E-state index contributed by atoms with van der Waals surface area (Å²) in [6.07, 6.45) is 1.85. The molecule has 0 atom stereocenters. The molecule has 0 spiro atoms. The number of pyridine rings is 1. The van der Waals surface area contributed by atoms with Gasteiger partial charge in [0.05, 0.1) is 17.2 Å². The van der Waals surface area contributed by atoms with Gasteiger partial charge >= 0.3 is 0 Å². The number of hydrogen-bond acceptors (Lipinski definition) is 3. The first kappa shape index (κ1) is 13.1. The first-order chi connectivity index (χ1) is 9.52. The van der Waals surface area contributed by atoms with Gasteiger partial charge in [0.25, 0.3) is 0 Å². The van der Waals surface area contributed by atoms with Gasteiger partial charge in [0, 0.05) is 18.0 Å². The summed E-state index contributed by atoms with van der Waals surface area (Å²) in [7, 11) is 1.70. The van der Waals surface area contributed by atoms with Crippen LogP contribution < -0.4 is 0 Å². The minimum absolute atomic E-state index is 0.0628. The molecular weight excluding hydrogens is 250 g/mol. The second kappa shape index (κ2) is 4.56. The topological polar surface area (TPSA) is 39.9 Å². The van der Waals surface area contributed by atoms with Crippen LogP contribution >= 0.6 is 0 Å². The maximum atomic E-state index is 5.30. The summed E-state index contributed by atoms with van der Waals surface area (Å²) < 4.78 is 7.56. The molecule has 3 rings (SSSR count). The van der Waals surface area contributed by atoms with Crippen LogP contribution in [0.1, 0.15) is 26.6 Å². The van der Waals surface area contributed by atoms with Gasteiger partial charge in [0.1, 0.15) is 17.9 Å². The van der Waals surface area contributed by atoms with E-state index in [9.17, 15) is 0 Å². The van der Waals surface area contributed by atoms with Gasteiger partial charge in [-0.1, -0.05) is 18.2 Å². The summed E-state index contributed by atoms with van der Waals surface area (Å²) in [5.74, 6) is 0.938. The molecule has 4 nitrogen and oxygen atoms in total. The van der Waals surface area contributed by atoms with Crippen molar-refractivity contribution < 1.29 is 4.74 Å². The molecule has 4 heteroatoms. The highest BCUT2D eigenvalue weighted by molar-refractivity contribution is 6.02. The zero-order valence-electron chi connectivity index (χ0n) is 12.3. The third kappa shape index (κ3) is 1.96. The molecule has 1 aromatic carbocycles. The summed E-state index contributed by atoms with van der Waals surface area (Å²) >= 11 is 0. The van der Waals surface area contributed by atoms with Crippen LogP contribution in [0.4, 0.5) is 0 Å². The quantitative estimate of drug-likeness (QED) is 0.715. The van der Waals surface area contributed by atoms with E-state index in [4.69, 9.17) is 9.72 Å². The fourth-order valence-electron chi connectivity index (χ4n) is 2.70. The number of ether oxygens (including phenoxy) is 1. The van der Waals surface area contributed by atoms with Crippen molar-refractivity contribution in [3.8, 4) is 0 Å². The third-order valence-electron chi connectivity index (χ3n) is 3.40. The Kier molecular flexibility index (Phi) is 2.98. The van der Waals surface area contributed by atoms with Crippen LogP contribution in [0.2, 0.25) is 0 Å². The van der Waals surface area contributed by atoms with Gasteiger partial charge < -0.3 is 9.30 Å². The Morgan fingerprint density at radius 2 is 1.90 bits per heavy atom. The molecule has 104 valence electrons. The normalized spacial score (nSPS) is 12.4. The van der Waals surface area contributed by atoms with Crippen LogP contribution in [-0.4, -0.2) is 21.6 Å². The number of imidazole rings is 1. The Bertz CT molecular complexity index is 768. The zero-order valence-corrected chi connectivity index (χ0v) is 12.3. The van der Waals surface area contributed by atoms with Crippen molar-refractivity contribution in [2.24, 2.45) is 0 Å². The van der Waals surface area contributed by atoms with E-state index in [2.05, 4.69) is 36.4 Å². The lowest BCUT2D eigenvalue weighted by Crippen LogP contribution is -2.24. The lowest BCUT2D eigenvalue weighted by atomic mass is 10.1. The van der Waals surface area contributed by atoms with Crippen LogP contribution in [0, 0.1) is 0 Å². The standard InChI is InChI=1S/C16H19N3O/c1-16(2,3)19-14(10-20-4)18-13-9-17-12-8-6-5-7-11(12)15(13)19/h5-9H,10H2,1-4H3. The number of benzene rings is 1. The summed E-state index contributed by atoms with van der Waals surface area (Å²) in [6.45, 7) is 7.05. The number of aromatic nitrogens is 3. The second-order valence-corrected chi connectivity index (χ2v) is 5.98. The Morgan fingerprint density at radius 1 is 1.15 bits per heavy atom. The van der Waals surface area contributed by atoms with Crippen molar-refractivity contribution in [2.45, 2.75) is 32.9 Å². The zero-order chi connectivity index (χ0) is 14.3. The maximum Gasteiger partial charge on any atom is 0.136 e. The van der Waals surface area contributed by atoms with Gasteiger partial charge in [-0.2, -0.15) is 0 Å². The first-order valence-corrected chi connectivity index (χ1v) is 6.77. The van der Waals surface area contributed by atoms with Gasteiger partial charge in [-0.3, -0.25) is 4.98 Å². The Morgan fingerprint density at radius 3 is 2.60 bits per heavy atom. The molecule has 3 aromatic rings. The largest absolute Gasteiger partial charge is 0.377 e. The highest BCUT2D eigenvalue weighted by Crippen LogP contribution is 2.30. The molecule has 0 aliphatic rings. The average Bonchev–Trinajstić information content (AvgIpc) is 2.77. The first-order valence-electron chi connectivity index (χ1n) is 6.77. The van der Waals surface area contributed by atoms with E-state index in [1.54, 1.807) is 7.11 Å². The summed E-state index contributed by atoms with van der Waals surface area (Å²) in [5, 5.41) is 1.13. The monoisotopic (exact) mass is 269 g/mol. The van der Waals surface area contributed by atoms with Crippen molar-refractivity contribution in [2.75, 3.05) is 7.11 Å². The van der Waals surface area contributed by atoms with Crippen molar-refractivity contribution in [3.05, 3.63) is 36.3 Å². The van der Waals surface area contributed by atoms with E-state index < -0.39 is 0 Å². The fraction of sp³-hybridized carbons (Fsp3) is 0.375. The van der Waals surface area contributed by atoms with Crippen molar-refractivity contribution in [1.29, 1.82) is 0 Å². The molecular formula is C16H19N3O. The van der Waals surface area contributed by atoms with Crippen LogP contribution in [0.5, 0.6) is 0 Å². The van der Waals surface area contributed by atoms with Crippen molar-refractivity contribution in [3.63, 3.8) is 0 Å². The molecule has 0 fully saturated rings. The van der Waals surface area contributed by atoms with Crippen LogP contribution in [0.25, 0.3) is 21.9 Å². The molecule has 0 radical (unpaired) electrons. The number of hydrogen-bond donors (Lipinski definition) is 0. The van der Waals surface area contributed by atoms with E-state index in [-0.39, 0.29) is 5.54 Å². The number of rotatable bonds is 2. The van der Waals surface area contributed by atoms with Crippen molar-refractivity contribution >= 4 is 21.9 Å². The number of nitrogens with zero attached hydrogens (tertiary/aromatic N) is 3. The molecule has 2 heterocycles. The Hall–Kier alpha value is -1.94. The molecule has 0 bridgehead atoms. The lowest BCUT2D eigenvalue weighted by molar-refractivity contribution is 0.169. The molecule has 20 heavy (non-hydrogen) atoms. The van der Waals surface area contributed by atoms with Crippen LogP contribution in [0.15, 0.2) is 30.5 Å². The minimum atomic E-state index is -0.0628. The molecule has 0 unspecified atom stereocenters. The van der Waals surface area contributed by atoms with E-state index in [1.165, 1.54) is 0 Å². The fourth-order valence-corrected chi connectivity index (χ4v) is 2.70. The van der Waals surface area contributed by atoms with E-state index in [0.717, 1.165) is 27.8 Å². The molecule has 0 aliphatic carbocycles. The Labute approximate surface area is 118 Å². The lowest BCUT2D eigenvalue weighted by Gasteiger charge is -2.25. The van der Waals surface area contributed by atoms with Gasteiger partial charge in [0.2, 0.25) is 0 Å². The SMILES string of the molecule is COCc1nc2cnc3ccccc3c2n1C(C)(C)C. The average molecular weight is 269 g/mol. The number of methoxy groups -OCH3 is 1. The summed E-state index contributed by atoms with van der Waals surface area (Å²) in [4.78, 5) is 9.18. The van der Waals surface area contributed by atoms with E-state index in [0.29, 0.717) is 6.61 Å². The molecule has 2 aromatic heterocycles. The minimum Gasteiger partial charge on any atom is -0.377 e.